The Morgan fingerprint density at radius 2 is 1.56 bits per heavy atom. The normalized spacial score (nSPS) is 12.0. The summed E-state index contributed by atoms with van der Waals surface area (Å²) in [6.07, 6.45) is 3.29. The molecule has 2 rings (SSSR count). The molecule has 0 aliphatic heterocycles. The Morgan fingerprint density at radius 3 is 2.15 bits per heavy atom. The second-order valence-electron chi connectivity index (χ2n) is 5.94. The summed E-state index contributed by atoms with van der Waals surface area (Å²) in [4.78, 5) is 17.2. The molecule has 0 aliphatic carbocycles. The predicted molar refractivity (Wildman–Crippen MR) is 115 cm³/mol. The Hall–Kier alpha value is -1.14. The summed E-state index contributed by atoms with van der Waals surface area (Å²) in [5, 5.41) is 3.50. The molecule has 0 aromatic heterocycles. The van der Waals surface area contributed by atoms with Gasteiger partial charge in [0.15, 0.2) is 10.7 Å². The number of carbonyl (C=O) groups excluding carboxylic acids is 1. The van der Waals surface area contributed by atoms with E-state index < -0.39 is 5.97 Å². The molecule has 0 bridgehead atoms. The van der Waals surface area contributed by atoms with Gasteiger partial charge >= 0.3 is 35.5 Å². The van der Waals surface area contributed by atoms with Gasteiger partial charge in [-0.25, -0.2) is 4.79 Å². The second kappa shape index (κ2) is 13.9. The third kappa shape index (κ3) is 10.1. The van der Waals surface area contributed by atoms with Crippen LogP contribution in [0.5, 0.6) is 0 Å². The zero-order valence-electron chi connectivity index (χ0n) is 14.9. The average molecular weight is 442 g/mol. The number of halogens is 1. The maximum atomic E-state index is 12.0. The number of rotatable bonds is 10. The van der Waals surface area contributed by atoms with Crippen molar-refractivity contribution in [2.45, 2.75) is 37.6 Å². The number of hydrogen-bond donors (Lipinski definition) is 0. The predicted octanol–water partition coefficient (Wildman–Crippen LogP) is 4.26. The zero-order chi connectivity index (χ0) is 18.6. The fraction of sp³-hybridized carbons (Fsp3) is 0.333. The van der Waals surface area contributed by atoms with Gasteiger partial charge in [0, 0.05) is 0 Å². The number of oxime groups is 1. The van der Waals surface area contributed by atoms with Crippen molar-refractivity contribution < 1.29 is 14.4 Å². The van der Waals surface area contributed by atoms with Gasteiger partial charge in [-0.2, -0.15) is 0 Å². The van der Waals surface area contributed by atoms with E-state index in [1.165, 1.54) is 11.1 Å². The summed E-state index contributed by atoms with van der Waals surface area (Å²) >= 11 is 3.38. The van der Waals surface area contributed by atoms with Crippen LogP contribution in [0.3, 0.4) is 0 Å². The van der Waals surface area contributed by atoms with E-state index in [2.05, 4.69) is 45.4 Å². The van der Waals surface area contributed by atoms with Crippen molar-refractivity contribution in [1.82, 2.24) is 0 Å². The summed E-state index contributed by atoms with van der Waals surface area (Å²) in [5.41, 5.74) is 2.69. The Bertz CT molecular complexity index is 695. The van der Waals surface area contributed by atoms with Gasteiger partial charge in [0.2, 0.25) is 0 Å². The first-order chi connectivity index (χ1) is 12.6. The number of hydrogen-bond acceptors (Lipinski definition) is 4. The first-order valence-corrected chi connectivity index (χ1v) is 9.66. The molecular formula is C21H25BrNNaO3. The fourth-order valence-corrected chi connectivity index (χ4v) is 2.75. The minimum atomic E-state index is -0.469. The second-order valence-corrected chi connectivity index (χ2v) is 6.96. The molecule has 2 aromatic rings. The van der Waals surface area contributed by atoms with Crippen LogP contribution in [0.4, 0.5) is 0 Å². The van der Waals surface area contributed by atoms with Crippen LogP contribution in [0.25, 0.3) is 0 Å². The van der Waals surface area contributed by atoms with Crippen LogP contribution >= 0.6 is 15.9 Å². The van der Waals surface area contributed by atoms with E-state index in [-0.39, 0.29) is 40.3 Å². The minimum absolute atomic E-state index is 0. The number of nitrogens with zero attached hydrogens (tertiary/aromatic N) is 1. The van der Waals surface area contributed by atoms with Gasteiger partial charge in [-0.05, 0) is 59.7 Å². The van der Waals surface area contributed by atoms with Crippen molar-refractivity contribution >= 4 is 57.2 Å². The van der Waals surface area contributed by atoms with Gasteiger partial charge in [-0.1, -0.05) is 65.8 Å². The molecule has 0 N–H and O–H groups in total. The molecule has 0 saturated heterocycles. The number of ether oxygens (including phenoxy) is 1. The number of esters is 1. The topological polar surface area (TPSA) is 47.9 Å². The third-order valence-electron chi connectivity index (χ3n) is 3.78. The average Bonchev–Trinajstić information content (AvgIpc) is 2.67. The first-order valence-electron chi connectivity index (χ1n) is 8.74. The molecule has 0 fully saturated rings. The molecule has 0 aliphatic rings. The first kappa shape index (κ1) is 23.9. The zero-order valence-corrected chi connectivity index (χ0v) is 16.5. The molecule has 27 heavy (non-hydrogen) atoms. The van der Waals surface area contributed by atoms with E-state index in [1.54, 1.807) is 6.92 Å². The summed E-state index contributed by atoms with van der Waals surface area (Å²) in [7, 11) is 0. The van der Waals surface area contributed by atoms with Crippen LogP contribution in [0.15, 0.2) is 65.8 Å². The van der Waals surface area contributed by atoms with Crippen LogP contribution in [0.1, 0.15) is 30.9 Å². The van der Waals surface area contributed by atoms with E-state index >= 15 is 0 Å². The van der Waals surface area contributed by atoms with Gasteiger partial charge in [0.25, 0.3) is 0 Å². The van der Waals surface area contributed by atoms with Crippen LogP contribution < -0.4 is 0 Å². The monoisotopic (exact) mass is 441 g/mol. The molecule has 6 heteroatoms. The summed E-state index contributed by atoms with van der Waals surface area (Å²) in [6, 6.07) is 20.3. The van der Waals surface area contributed by atoms with E-state index in [1.807, 2.05) is 36.4 Å². The number of aryl methyl sites for hydroxylation is 2. The van der Waals surface area contributed by atoms with Crippen molar-refractivity contribution in [2.75, 3.05) is 6.61 Å². The summed E-state index contributed by atoms with van der Waals surface area (Å²) in [6.45, 7) is 2.06. The van der Waals surface area contributed by atoms with Gasteiger partial charge in [0.1, 0.15) is 6.61 Å². The molecule has 140 valence electrons. The molecule has 1 atom stereocenters. The number of carbonyl (C=O) groups is 1. The van der Waals surface area contributed by atoms with Crippen molar-refractivity contribution in [3.8, 4) is 0 Å². The van der Waals surface area contributed by atoms with Gasteiger partial charge in [-0.15, -0.1) is 0 Å². The quantitative estimate of drug-likeness (QED) is 0.138. The molecule has 0 radical (unpaired) electrons. The third-order valence-corrected chi connectivity index (χ3v) is 4.42. The Balaban J connectivity index is 0.00000364. The molecule has 0 spiro atoms. The summed E-state index contributed by atoms with van der Waals surface area (Å²) < 4.78 is 5.33. The van der Waals surface area contributed by atoms with Crippen molar-refractivity contribution in [1.29, 1.82) is 0 Å². The Labute approximate surface area is 191 Å². The molecule has 0 saturated carbocycles. The van der Waals surface area contributed by atoms with E-state index in [4.69, 9.17) is 9.57 Å². The standard InChI is InChI=1S/C21H24BrNO3.Na.H/c1-17(23-25-16-8-13-18-9-4-2-5-10-18)21(24)26-20(22)15-14-19-11-6-3-7-12-19;;/h2-7,9-12,20H,8,13-16H2,1H3;;. The van der Waals surface area contributed by atoms with Crippen LogP contribution in [-0.4, -0.2) is 52.9 Å². The van der Waals surface area contributed by atoms with Gasteiger partial charge in [-0.3, -0.25) is 0 Å². The number of benzene rings is 2. The van der Waals surface area contributed by atoms with Crippen molar-refractivity contribution in [2.24, 2.45) is 5.16 Å². The molecule has 2 aromatic carbocycles. The number of alkyl halides is 1. The van der Waals surface area contributed by atoms with Crippen molar-refractivity contribution in [3.05, 3.63) is 71.8 Å². The summed E-state index contributed by atoms with van der Waals surface area (Å²) in [5.74, 6) is -0.469. The molecule has 0 heterocycles. The van der Waals surface area contributed by atoms with Gasteiger partial charge < -0.3 is 9.57 Å². The van der Waals surface area contributed by atoms with Crippen LogP contribution in [0, 0.1) is 0 Å². The van der Waals surface area contributed by atoms with E-state index in [0.29, 0.717) is 13.0 Å². The van der Waals surface area contributed by atoms with Crippen LogP contribution in [0.2, 0.25) is 0 Å². The van der Waals surface area contributed by atoms with E-state index in [9.17, 15) is 4.79 Å². The van der Waals surface area contributed by atoms with Gasteiger partial charge in [0.05, 0.1) is 0 Å². The van der Waals surface area contributed by atoms with E-state index in [0.717, 1.165) is 19.3 Å². The fourth-order valence-electron chi connectivity index (χ4n) is 2.35. The maximum absolute atomic E-state index is 12.0. The molecular weight excluding hydrogens is 417 g/mol. The Kier molecular flexibility index (Phi) is 12.3. The Morgan fingerprint density at radius 1 is 1.00 bits per heavy atom. The molecule has 0 amide bonds. The van der Waals surface area contributed by atoms with Crippen LogP contribution in [-0.2, 0) is 27.2 Å². The van der Waals surface area contributed by atoms with Crippen molar-refractivity contribution in [3.63, 3.8) is 0 Å². The SMILES string of the molecule is CC(=NOCCCc1ccccc1)C(=O)OC(Br)CCc1ccccc1.[NaH]. The molecule has 1 unspecified atom stereocenters. The molecule has 4 nitrogen and oxygen atoms in total.